The molecular formula is C20H26O4. The lowest BCUT2D eigenvalue weighted by molar-refractivity contribution is -0.138. The first-order valence-corrected chi connectivity index (χ1v) is 8.27. The van der Waals surface area contributed by atoms with Gasteiger partial charge in [0.2, 0.25) is 0 Å². The van der Waals surface area contributed by atoms with Crippen molar-refractivity contribution in [3.05, 3.63) is 47.0 Å². The number of ketones is 2. The fourth-order valence-electron chi connectivity index (χ4n) is 2.19. The van der Waals surface area contributed by atoms with Crippen LogP contribution in [0.2, 0.25) is 0 Å². The predicted molar refractivity (Wildman–Crippen MR) is 94.2 cm³/mol. The molecule has 1 rings (SSSR count). The van der Waals surface area contributed by atoms with Gasteiger partial charge >= 0.3 is 5.97 Å². The highest BCUT2D eigenvalue weighted by atomic mass is 16.5. The minimum absolute atomic E-state index is 0.0846. The van der Waals surface area contributed by atoms with E-state index in [0.717, 1.165) is 19.3 Å². The summed E-state index contributed by atoms with van der Waals surface area (Å²) in [5.74, 6) is -1.18. The van der Waals surface area contributed by atoms with Gasteiger partial charge < -0.3 is 4.74 Å². The van der Waals surface area contributed by atoms with Crippen LogP contribution in [-0.2, 0) is 9.53 Å². The lowest BCUT2D eigenvalue weighted by Crippen LogP contribution is -2.19. The molecule has 0 aliphatic rings. The van der Waals surface area contributed by atoms with Crippen LogP contribution in [-0.4, -0.2) is 24.1 Å². The van der Waals surface area contributed by atoms with E-state index in [1.807, 2.05) is 0 Å². The second-order valence-electron chi connectivity index (χ2n) is 6.35. The average Bonchev–Trinajstić information content (AvgIpc) is 2.53. The van der Waals surface area contributed by atoms with Crippen LogP contribution >= 0.6 is 0 Å². The number of carbonyl (C=O) groups excluding carboxylic acids is 3. The zero-order chi connectivity index (χ0) is 18.1. The second-order valence-corrected chi connectivity index (χ2v) is 6.35. The number of rotatable bonds is 9. The minimum atomic E-state index is -0.845. The lowest BCUT2D eigenvalue weighted by atomic mass is 10.0. The highest BCUT2D eigenvalue weighted by molar-refractivity contribution is 6.40. The number of hydrogen-bond donors (Lipinski definition) is 0. The van der Waals surface area contributed by atoms with Gasteiger partial charge in [-0.05, 0) is 46.0 Å². The number of esters is 1. The molecule has 0 heterocycles. The van der Waals surface area contributed by atoms with Gasteiger partial charge in [-0.15, -0.1) is 0 Å². The van der Waals surface area contributed by atoms with Crippen molar-refractivity contribution in [2.24, 2.45) is 5.92 Å². The van der Waals surface area contributed by atoms with Gasteiger partial charge in [0.1, 0.15) is 0 Å². The van der Waals surface area contributed by atoms with Gasteiger partial charge in [0.25, 0.3) is 5.78 Å². The van der Waals surface area contributed by atoms with Crippen molar-refractivity contribution >= 4 is 17.5 Å². The van der Waals surface area contributed by atoms with Gasteiger partial charge in [-0.1, -0.05) is 42.8 Å². The Morgan fingerprint density at radius 3 is 2.12 bits per heavy atom. The number of carbonyl (C=O) groups is 3. The van der Waals surface area contributed by atoms with Gasteiger partial charge in [0, 0.05) is 11.1 Å². The van der Waals surface area contributed by atoms with E-state index >= 15 is 0 Å². The molecule has 1 unspecified atom stereocenters. The smallest absolute Gasteiger partial charge is 0.379 e. The summed E-state index contributed by atoms with van der Waals surface area (Å²) in [6.07, 6.45) is 4.97. The van der Waals surface area contributed by atoms with E-state index in [9.17, 15) is 14.4 Å². The van der Waals surface area contributed by atoms with E-state index in [4.69, 9.17) is 4.74 Å². The minimum Gasteiger partial charge on any atom is -0.460 e. The van der Waals surface area contributed by atoms with Crippen molar-refractivity contribution in [1.82, 2.24) is 0 Å². The first kappa shape index (κ1) is 19.8. The summed E-state index contributed by atoms with van der Waals surface area (Å²) in [4.78, 5) is 35.0. The quantitative estimate of drug-likeness (QED) is 0.292. The Morgan fingerprint density at radius 2 is 1.58 bits per heavy atom. The molecule has 1 aromatic carbocycles. The maximum absolute atomic E-state index is 12.0. The van der Waals surface area contributed by atoms with Crippen LogP contribution in [0, 0.1) is 5.92 Å². The molecule has 0 aromatic heterocycles. The molecule has 0 spiro atoms. The Hall–Kier alpha value is -2.23. The first-order chi connectivity index (χ1) is 11.3. The van der Waals surface area contributed by atoms with Crippen LogP contribution in [0.3, 0.4) is 0 Å². The maximum Gasteiger partial charge on any atom is 0.379 e. The number of hydrogen-bond acceptors (Lipinski definition) is 4. The first-order valence-electron chi connectivity index (χ1n) is 8.27. The molecule has 0 fully saturated rings. The molecule has 4 heteroatoms. The van der Waals surface area contributed by atoms with Crippen LogP contribution < -0.4 is 0 Å². The van der Waals surface area contributed by atoms with E-state index in [-0.39, 0.29) is 18.0 Å². The normalized spacial score (nSPS) is 11.5. The van der Waals surface area contributed by atoms with Crippen LogP contribution in [0.5, 0.6) is 0 Å². The Labute approximate surface area is 143 Å². The fraction of sp³-hybridized carbons (Fsp3) is 0.450. The second kappa shape index (κ2) is 9.81. The third-order valence-corrected chi connectivity index (χ3v) is 3.79. The molecule has 0 amide bonds. The molecule has 4 nitrogen and oxygen atoms in total. The molecule has 0 aliphatic heterocycles. The predicted octanol–water partition coefficient (Wildman–Crippen LogP) is 4.39. The van der Waals surface area contributed by atoms with E-state index in [1.165, 1.54) is 36.8 Å². The van der Waals surface area contributed by atoms with Crippen molar-refractivity contribution in [2.45, 2.75) is 47.0 Å². The third kappa shape index (κ3) is 6.90. The molecule has 0 saturated heterocycles. The van der Waals surface area contributed by atoms with E-state index < -0.39 is 11.8 Å². The van der Waals surface area contributed by atoms with Crippen molar-refractivity contribution in [3.8, 4) is 0 Å². The third-order valence-electron chi connectivity index (χ3n) is 3.79. The highest BCUT2D eigenvalue weighted by Gasteiger charge is 2.18. The monoisotopic (exact) mass is 330 g/mol. The van der Waals surface area contributed by atoms with Crippen molar-refractivity contribution in [3.63, 3.8) is 0 Å². The number of Topliss-reactive ketones (excluding diaryl/α,β-unsaturated/α-hetero) is 2. The molecular weight excluding hydrogens is 304 g/mol. The van der Waals surface area contributed by atoms with Crippen LogP contribution in [0.1, 0.15) is 67.7 Å². The summed E-state index contributed by atoms with van der Waals surface area (Å²) in [5.41, 5.74) is 2.04. The maximum atomic E-state index is 12.0. The van der Waals surface area contributed by atoms with E-state index in [0.29, 0.717) is 11.5 Å². The van der Waals surface area contributed by atoms with Crippen molar-refractivity contribution in [1.29, 1.82) is 0 Å². The van der Waals surface area contributed by atoms with Gasteiger partial charge in [-0.25, -0.2) is 4.79 Å². The van der Waals surface area contributed by atoms with Crippen molar-refractivity contribution in [2.75, 3.05) is 6.61 Å². The van der Waals surface area contributed by atoms with Crippen LogP contribution in [0.15, 0.2) is 35.9 Å². The van der Waals surface area contributed by atoms with E-state index in [2.05, 4.69) is 26.8 Å². The average molecular weight is 330 g/mol. The van der Waals surface area contributed by atoms with Crippen LogP contribution in [0.4, 0.5) is 0 Å². The lowest BCUT2D eigenvalue weighted by Gasteiger charge is -2.10. The SMILES string of the molecule is CC(=O)c1ccc(C(=O)C(=O)OCCC(C)CCC=C(C)C)cc1. The largest absolute Gasteiger partial charge is 0.460 e. The molecule has 1 aromatic rings. The summed E-state index contributed by atoms with van der Waals surface area (Å²) in [6, 6.07) is 6.02. The molecule has 0 saturated carbocycles. The molecule has 130 valence electrons. The Bertz CT molecular complexity index is 607. The van der Waals surface area contributed by atoms with Crippen LogP contribution in [0.25, 0.3) is 0 Å². The summed E-state index contributed by atoms with van der Waals surface area (Å²) < 4.78 is 5.06. The molecule has 0 radical (unpaired) electrons. The topological polar surface area (TPSA) is 60.4 Å². The van der Waals surface area contributed by atoms with Gasteiger partial charge in [-0.2, -0.15) is 0 Å². The molecule has 0 bridgehead atoms. The number of ether oxygens (including phenoxy) is 1. The molecule has 1 atom stereocenters. The molecule has 0 aliphatic carbocycles. The summed E-state index contributed by atoms with van der Waals surface area (Å²) in [5, 5.41) is 0. The molecule has 24 heavy (non-hydrogen) atoms. The Balaban J connectivity index is 2.40. The Morgan fingerprint density at radius 1 is 1.00 bits per heavy atom. The highest BCUT2D eigenvalue weighted by Crippen LogP contribution is 2.12. The summed E-state index contributed by atoms with van der Waals surface area (Å²) in [7, 11) is 0. The standard InChI is InChI=1S/C20H26O4/c1-14(2)6-5-7-15(3)12-13-24-20(23)19(22)18-10-8-17(9-11-18)16(4)21/h6,8-11,15H,5,7,12-13H2,1-4H3. The van der Waals surface area contributed by atoms with Gasteiger partial charge in [0.15, 0.2) is 5.78 Å². The number of allylic oxidation sites excluding steroid dienone is 2. The van der Waals surface area contributed by atoms with Crippen molar-refractivity contribution < 1.29 is 19.1 Å². The van der Waals surface area contributed by atoms with Gasteiger partial charge in [0.05, 0.1) is 6.61 Å². The fourth-order valence-corrected chi connectivity index (χ4v) is 2.19. The van der Waals surface area contributed by atoms with Gasteiger partial charge in [-0.3, -0.25) is 9.59 Å². The Kier molecular flexibility index (Phi) is 8.10. The summed E-state index contributed by atoms with van der Waals surface area (Å²) >= 11 is 0. The zero-order valence-electron chi connectivity index (χ0n) is 14.9. The van der Waals surface area contributed by atoms with E-state index in [1.54, 1.807) is 0 Å². The zero-order valence-corrected chi connectivity index (χ0v) is 14.9. The number of benzene rings is 1. The summed E-state index contributed by atoms with van der Waals surface area (Å²) in [6.45, 7) is 7.94. The molecule has 0 N–H and O–H groups in total.